The van der Waals surface area contributed by atoms with E-state index in [9.17, 15) is 0 Å². The van der Waals surface area contributed by atoms with Crippen LogP contribution < -0.4 is 4.74 Å². The van der Waals surface area contributed by atoms with Gasteiger partial charge in [-0.05, 0) is 56.6 Å². The smallest absolute Gasteiger partial charge is 0.135 e. The fraction of sp³-hybridized carbons (Fsp3) is 0. The fourth-order valence-electron chi connectivity index (χ4n) is 5.01. The van der Waals surface area contributed by atoms with Crippen molar-refractivity contribution in [1.29, 1.82) is 0 Å². The molecule has 0 N–H and O–H groups in total. The van der Waals surface area contributed by atoms with E-state index in [2.05, 4.69) is 109 Å². The molecule has 0 saturated heterocycles. The van der Waals surface area contributed by atoms with Gasteiger partial charge >= 0.3 is 0 Å². The molecule has 6 aromatic rings. The van der Waals surface area contributed by atoms with Crippen LogP contribution in [0, 0.1) is 0 Å². The Kier molecular flexibility index (Phi) is 3.33. The number of rotatable bonds is 2. The third-order valence-electron chi connectivity index (χ3n) is 6.43. The van der Waals surface area contributed by atoms with Gasteiger partial charge in [-0.15, -0.1) is 0 Å². The van der Waals surface area contributed by atoms with E-state index in [0.717, 1.165) is 11.5 Å². The van der Waals surface area contributed by atoms with Crippen LogP contribution in [-0.4, -0.2) is 0 Å². The van der Waals surface area contributed by atoms with E-state index in [4.69, 9.17) is 4.74 Å². The average molecular weight is 394 g/mol. The molecule has 144 valence electrons. The van der Waals surface area contributed by atoms with Gasteiger partial charge in [-0.2, -0.15) is 0 Å². The Morgan fingerprint density at radius 2 is 1.13 bits per heavy atom. The molecule has 0 spiro atoms. The van der Waals surface area contributed by atoms with Gasteiger partial charge in [0.05, 0.1) is 0 Å². The number of benzene rings is 6. The standard InChI is InChI=1S/C30H18O/c1-2-6-19(7-3-1)22-9-4-10-23(18-22)24-16-17-27-30-25(24)15-14-21-13-12-20-8-5-11-26(31-27)28(20)29(21)30/h1-18H. The van der Waals surface area contributed by atoms with Crippen molar-refractivity contribution in [1.82, 2.24) is 0 Å². The fourth-order valence-corrected chi connectivity index (χ4v) is 5.01. The summed E-state index contributed by atoms with van der Waals surface area (Å²) >= 11 is 0. The Labute approximate surface area is 180 Å². The molecule has 0 fully saturated rings. The average Bonchev–Trinajstić information content (AvgIpc) is 2.84. The van der Waals surface area contributed by atoms with Crippen molar-refractivity contribution in [2.75, 3.05) is 0 Å². The van der Waals surface area contributed by atoms with Gasteiger partial charge in [-0.3, -0.25) is 0 Å². The Morgan fingerprint density at radius 1 is 0.419 bits per heavy atom. The molecule has 0 radical (unpaired) electrons. The molecular weight excluding hydrogens is 376 g/mol. The molecular formula is C30H18O. The molecule has 0 bridgehead atoms. The minimum Gasteiger partial charge on any atom is -0.456 e. The molecule has 1 nitrogen and oxygen atoms in total. The van der Waals surface area contributed by atoms with Crippen molar-refractivity contribution in [2.24, 2.45) is 0 Å². The second-order valence-electron chi connectivity index (χ2n) is 8.17. The summed E-state index contributed by atoms with van der Waals surface area (Å²) < 4.78 is 6.37. The summed E-state index contributed by atoms with van der Waals surface area (Å²) in [6.07, 6.45) is 0. The zero-order valence-corrected chi connectivity index (χ0v) is 16.8. The van der Waals surface area contributed by atoms with E-state index in [0.29, 0.717) is 0 Å². The predicted molar refractivity (Wildman–Crippen MR) is 130 cm³/mol. The normalized spacial score (nSPS) is 12.1. The first kappa shape index (κ1) is 16.7. The Hall–Kier alpha value is -4.10. The first-order valence-electron chi connectivity index (χ1n) is 10.6. The molecule has 0 aromatic heterocycles. The minimum atomic E-state index is 0.940. The number of hydrogen-bond donors (Lipinski definition) is 0. The highest BCUT2D eigenvalue weighted by molar-refractivity contribution is 6.26. The van der Waals surface area contributed by atoms with Crippen LogP contribution in [0.3, 0.4) is 0 Å². The lowest BCUT2D eigenvalue weighted by atomic mass is 9.89. The highest BCUT2D eigenvalue weighted by Gasteiger charge is 2.20. The lowest BCUT2D eigenvalue weighted by molar-refractivity contribution is 0.493. The van der Waals surface area contributed by atoms with Crippen LogP contribution in [0.2, 0.25) is 0 Å². The van der Waals surface area contributed by atoms with Crippen molar-refractivity contribution in [3.63, 3.8) is 0 Å². The monoisotopic (exact) mass is 394 g/mol. The Bertz CT molecular complexity index is 1640. The molecule has 0 atom stereocenters. The van der Waals surface area contributed by atoms with E-state index in [-0.39, 0.29) is 0 Å². The molecule has 0 unspecified atom stereocenters. The number of hydrogen-bond acceptors (Lipinski definition) is 1. The van der Waals surface area contributed by atoms with E-state index in [1.165, 1.54) is 54.6 Å². The topological polar surface area (TPSA) is 9.23 Å². The maximum absolute atomic E-state index is 6.37. The lowest BCUT2D eigenvalue weighted by Crippen LogP contribution is -1.96. The predicted octanol–water partition coefficient (Wildman–Crippen LogP) is 8.59. The van der Waals surface area contributed by atoms with Crippen molar-refractivity contribution in [3.05, 3.63) is 109 Å². The third kappa shape index (κ3) is 2.38. The maximum Gasteiger partial charge on any atom is 0.135 e. The van der Waals surface area contributed by atoms with Gasteiger partial charge in [-0.1, -0.05) is 91.0 Å². The maximum atomic E-state index is 6.37. The SMILES string of the molecule is c1ccc(-c2cccc(-c3ccc4c5c3ccc3ccc6cccc(c6c35)O4)c2)cc1. The second-order valence-corrected chi connectivity index (χ2v) is 8.17. The van der Waals surface area contributed by atoms with Crippen molar-refractivity contribution in [3.8, 4) is 33.8 Å². The van der Waals surface area contributed by atoms with Gasteiger partial charge in [0.25, 0.3) is 0 Å². The van der Waals surface area contributed by atoms with E-state index >= 15 is 0 Å². The van der Waals surface area contributed by atoms with Gasteiger partial charge in [0, 0.05) is 16.2 Å². The van der Waals surface area contributed by atoms with Crippen LogP contribution in [0.1, 0.15) is 0 Å². The van der Waals surface area contributed by atoms with E-state index in [1.807, 2.05) is 0 Å². The molecule has 0 amide bonds. The van der Waals surface area contributed by atoms with Crippen LogP contribution in [0.15, 0.2) is 109 Å². The highest BCUT2D eigenvalue weighted by atomic mass is 16.5. The zero-order valence-electron chi connectivity index (χ0n) is 16.8. The van der Waals surface area contributed by atoms with Gasteiger partial charge in [0.2, 0.25) is 0 Å². The van der Waals surface area contributed by atoms with Gasteiger partial charge in [0.1, 0.15) is 11.5 Å². The molecule has 7 rings (SSSR count). The summed E-state index contributed by atoms with van der Waals surface area (Å²) in [5, 5.41) is 7.44. The molecule has 1 aliphatic rings. The van der Waals surface area contributed by atoms with Crippen LogP contribution in [-0.2, 0) is 0 Å². The largest absolute Gasteiger partial charge is 0.456 e. The number of ether oxygens (including phenoxy) is 1. The summed E-state index contributed by atoms with van der Waals surface area (Å²) in [7, 11) is 0. The van der Waals surface area contributed by atoms with Crippen molar-refractivity contribution < 1.29 is 4.74 Å². The van der Waals surface area contributed by atoms with Crippen molar-refractivity contribution >= 4 is 32.3 Å². The quantitative estimate of drug-likeness (QED) is 0.267. The highest BCUT2D eigenvalue weighted by Crippen LogP contribution is 2.48. The molecule has 1 aliphatic heterocycles. The van der Waals surface area contributed by atoms with Crippen molar-refractivity contribution in [2.45, 2.75) is 0 Å². The summed E-state index contributed by atoms with van der Waals surface area (Å²) in [6.45, 7) is 0. The summed E-state index contributed by atoms with van der Waals surface area (Å²) in [5.41, 5.74) is 4.92. The lowest BCUT2D eigenvalue weighted by Gasteiger charge is -2.21. The molecule has 1 heteroatoms. The molecule has 1 heterocycles. The van der Waals surface area contributed by atoms with Gasteiger partial charge in [0.15, 0.2) is 0 Å². The second kappa shape index (κ2) is 6.20. The van der Waals surface area contributed by atoms with Crippen LogP contribution in [0.4, 0.5) is 0 Å². The zero-order chi connectivity index (χ0) is 20.4. The summed E-state index contributed by atoms with van der Waals surface area (Å²) in [5.74, 6) is 1.89. The summed E-state index contributed by atoms with van der Waals surface area (Å²) in [6, 6.07) is 38.9. The Balaban J connectivity index is 1.55. The minimum absolute atomic E-state index is 0.940. The van der Waals surface area contributed by atoms with Gasteiger partial charge in [-0.25, -0.2) is 0 Å². The third-order valence-corrected chi connectivity index (χ3v) is 6.43. The van der Waals surface area contributed by atoms with Gasteiger partial charge < -0.3 is 4.74 Å². The first-order chi connectivity index (χ1) is 15.4. The molecule has 6 aromatic carbocycles. The molecule has 0 saturated carbocycles. The molecule has 0 aliphatic carbocycles. The van der Waals surface area contributed by atoms with E-state index in [1.54, 1.807) is 0 Å². The van der Waals surface area contributed by atoms with E-state index < -0.39 is 0 Å². The first-order valence-corrected chi connectivity index (χ1v) is 10.6. The van der Waals surface area contributed by atoms with Crippen LogP contribution in [0.5, 0.6) is 11.5 Å². The summed E-state index contributed by atoms with van der Waals surface area (Å²) in [4.78, 5) is 0. The van der Waals surface area contributed by atoms with Crippen LogP contribution in [0.25, 0.3) is 54.6 Å². The Morgan fingerprint density at radius 3 is 2.03 bits per heavy atom. The molecule has 31 heavy (non-hydrogen) atoms. The van der Waals surface area contributed by atoms with Crippen LogP contribution >= 0.6 is 0 Å².